The van der Waals surface area contributed by atoms with E-state index in [0.29, 0.717) is 21.6 Å². The molecule has 126 valence electrons. The van der Waals surface area contributed by atoms with Crippen LogP contribution in [0.2, 0.25) is 5.02 Å². The number of halogens is 1. The molecule has 0 aliphatic rings. The van der Waals surface area contributed by atoms with Crippen LogP contribution in [0.25, 0.3) is 10.9 Å². The van der Waals surface area contributed by atoms with E-state index in [1.54, 1.807) is 48.5 Å². The van der Waals surface area contributed by atoms with Crippen molar-refractivity contribution in [1.82, 2.24) is 4.98 Å². The molecule has 0 saturated carbocycles. The fraction of sp³-hybridized carbons (Fsp3) is 0.0556. The molecule has 7 heteroatoms. The quantitative estimate of drug-likeness (QED) is 0.703. The summed E-state index contributed by atoms with van der Waals surface area (Å²) < 4.78 is 5.02. The third-order valence-corrected chi connectivity index (χ3v) is 3.65. The van der Waals surface area contributed by atoms with Gasteiger partial charge < -0.3 is 15.0 Å². The average molecular weight is 357 g/mol. The Morgan fingerprint density at radius 1 is 1.08 bits per heavy atom. The summed E-state index contributed by atoms with van der Waals surface area (Å²) in [7, 11) is 0. The van der Waals surface area contributed by atoms with Crippen molar-refractivity contribution in [2.75, 3.05) is 11.9 Å². The Hall–Kier alpha value is -3.12. The Bertz CT molecular complexity index is 1010. The molecule has 0 bridgehead atoms. The number of fused-ring (bicyclic) bond motifs is 1. The number of aromatic nitrogens is 1. The summed E-state index contributed by atoms with van der Waals surface area (Å²) in [5, 5.41) is 3.59. The number of ether oxygens (including phenoxy) is 1. The van der Waals surface area contributed by atoms with Gasteiger partial charge in [-0.1, -0.05) is 35.9 Å². The van der Waals surface area contributed by atoms with Crippen LogP contribution in [0.1, 0.15) is 10.4 Å². The number of nitrogens with one attached hydrogen (secondary N) is 2. The second-order valence-electron chi connectivity index (χ2n) is 5.23. The summed E-state index contributed by atoms with van der Waals surface area (Å²) >= 11 is 5.84. The first-order valence-corrected chi connectivity index (χ1v) is 7.75. The molecule has 0 spiro atoms. The highest BCUT2D eigenvalue weighted by Crippen LogP contribution is 2.16. The van der Waals surface area contributed by atoms with Crippen LogP contribution < -0.4 is 10.9 Å². The molecule has 3 aromatic rings. The van der Waals surface area contributed by atoms with Crippen molar-refractivity contribution in [3.8, 4) is 0 Å². The molecule has 2 aromatic carbocycles. The van der Waals surface area contributed by atoms with Crippen LogP contribution in [-0.2, 0) is 9.53 Å². The van der Waals surface area contributed by atoms with Crippen molar-refractivity contribution in [1.29, 1.82) is 0 Å². The molecule has 0 aliphatic carbocycles. The number of esters is 1. The highest BCUT2D eigenvalue weighted by Gasteiger charge is 2.15. The van der Waals surface area contributed by atoms with Crippen LogP contribution >= 0.6 is 11.6 Å². The summed E-state index contributed by atoms with van der Waals surface area (Å²) in [4.78, 5) is 38.4. The first-order valence-electron chi connectivity index (χ1n) is 7.37. The highest BCUT2D eigenvalue weighted by molar-refractivity contribution is 6.30. The summed E-state index contributed by atoms with van der Waals surface area (Å²) in [5.41, 5.74) is 0.699. The predicted molar refractivity (Wildman–Crippen MR) is 94.9 cm³/mol. The summed E-state index contributed by atoms with van der Waals surface area (Å²) in [6.45, 7) is -0.480. The number of aromatic amines is 1. The second kappa shape index (κ2) is 7.19. The van der Waals surface area contributed by atoms with E-state index in [4.69, 9.17) is 16.3 Å². The van der Waals surface area contributed by atoms with Gasteiger partial charge in [-0.15, -0.1) is 0 Å². The SMILES string of the molecule is O=C(COC(=O)c1cc(=O)[nH]c2ccccc12)Nc1cccc(Cl)c1. The molecule has 25 heavy (non-hydrogen) atoms. The molecule has 3 rings (SSSR count). The van der Waals surface area contributed by atoms with Gasteiger partial charge in [0.05, 0.1) is 5.56 Å². The third-order valence-electron chi connectivity index (χ3n) is 3.41. The van der Waals surface area contributed by atoms with Crippen molar-refractivity contribution < 1.29 is 14.3 Å². The normalized spacial score (nSPS) is 10.4. The van der Waals surface area contributed by atoms with Crippen LogP contribution in [-0.4, -0.2) is 23.5 Å². The lowest BCUT2D eigenvalue weighted by atomic mass is 10.1. The fourth-order valence-corrected chi connectivity index (χ4v) is 2.54. The molecular weight excluding hydrogens is 344 g/mol. The van der Waals surface area contributed by atoms with E-state index in [1.807, 2.05) is 0 Å². The number of anilines is 1. The molecule has 0 unspecified atom stereocenters. The molecule has 1 aromatic heterocycles. The van der Waals surface area contributed by atoms with Gasteiger partial charge in [0.15, 0.2) is 6.61 Å². The topological polar surface area (TPSA) is 88.3 Å². The van der Waals surface area contributed by atoms with E-state index < -0.39 is 24.0 Å². The second-order valence-corrected chi connectivity index (χ2v) is 5.66. The van der Waals surface area contributed by atoms with Crippen molar-refractivity contribution in [2.45, 2.75) is 0 Å². The maximum atomic E-state index is 12.2. The lowest BCUT2D eigenvalue weighted by Gasteiger charge is -2.08. The highest BCUT2D eigenvalue weighted by atomic mass is 35.5. The summed E-state index contributed by atoms with van der Waals surface area (Å²) in [6.07, 6.45) is 0. The van der Waals surface area contributed by atoms with Gasteiger partial charge in [-0.25, -0.2) is 4.79 Å². The van der Waals surface area contributed by atoms with E-state index in [1.165, 1.54) is 0 Å². The molecule has 0 fully saturated rings. The van der Waals surface area contributed by atoms with E-state index in [0.717, 1.165) is 6.07 Å². The minimum atomic E-state index is -0.747. The molecule has 0 radical (unpaired) electrons. The van der Waals surface area contributed by atoms with Gasteiger partial charge >= 0.3 is 5.97 Å². The number of hydrogen-bond donors (Lipinski definition) is 2. The first-order chi connectivity index (χ1) is 12.0. The van der Waals surface area contributed by atoms with Crippen molar-refractivity contribution in [3.63, 3.8) is 0 Å². The van der Waals surface area contributed by atoms with Gasteiger partial charge in [-0.2, -0.15) is 0 Å². The maximum absolute atomic E-state index is 12.2. The molecule has 1 amide bonds. The lowest BCUT2D eigenvalue weighted by molar-refractivity contribution is -0.119. The van der Waals surface area contributed by atoms with Gasteiger partial charge in [0.1, 0.15) is 0 Å². The number of H-pyrrole nitrogens is 1. The molecule has 0 saturated heterocycles. The maximum Gasteiger partial charge on any atom is 0.339 e. The molecule has 0 atom stereocenters. The zero-order chi connectivity index (χ0) is 17.8. The number of benzene rings is 2. The Morgan fingerprint density at radius 3 is 2.68 bits per heavy atom. The molecular formula is C18H13ClN2O4. The molecule has 6 nitrogen and oxygen atoms in total. The van der Waals surface area contributed by atoms with Gasteiger partial charge in [-0.05, 0) is 24.3 Å². The molecule has 1 heterocycles. The Morgan fingerprint density at radius 2 is 1.88 bits per heavy atom. The van der Waals surface area contributed by atoms with Crippen molar-refractivity contribution in [3.05, 3.63) is 75.5 Å². The third kappa shape index (κ3) is 4.05. The molecule has 2 N–H and O–H groups in total. The number of amides is 1. The Labute approximate surface area is 147 Å². The van der Waals surface area contributed by atoms with E-state index >= 15 is 0 Å². The summed E-state index contributed by atoms with van der Waals surface area (Å²) in [6, 6.07) is 14.6. The zero-order valence-electron chi connectivity index (χ0n) is 12.9. The van der Waals surface area contributed by atoms with Crippen LogP contribution in [0.15, 0.2) is 59.4 Å². The van der Waals surface area contributed by atoms with Crippen molar-refractivity contribution in [2.24, 2.45) is 0 Å². The summed E-state index contributed by atoms with van der Waals surface area (Å²) in [5.74, 6) is -1.26. The average Bonchev–Trinajstić information content (AvgIpc) is 2.59. The van der Waals surface area contributed by atoms with E-state index in [-0.39, 0.29) is 5.56 Å². The number of rotatable bonds is 4. The number of pyridine rings is 1. The number of hydrogen-bond acceptors (Lipinski definition) is 4. The van der Waals surface area contributed by atoms with Gasteiger partial charge in [0, 0.05) is 27.7 Å². The largest absolute Gasteiger partial charge is 0.452 e. The number of para-hydroxylation sites is 1. The van der Waals surface area contributed by atoms with Gasteiger partial charge in [0.2, 0.25) is 5.56 Å². The zero-order valence-corrected chi connectivity index (χ0v) is 13.7. The predicted octanol–water partition coefficient (Wildman–Crippen LogP) is 2.98. The molecule has 0 aliphatic heterocycles. The Balaban J connectivity index is 1.71. The minimum absolute atomic E-state index is 0.106. The van der Waals surface area contributed by atoms with Crippen molar-refractivity contribution >= 4 is 40.1 Å². The first kappa shape index (κ1) is 16.7. The standard InChI is InChI=1S/C18H13ClN2O4/c19-11-4-3-5-12(8-11)20-17(23)10-25-18(24)14-9-16(22)21-15-7-2-1-6-13(14)15/h1-9H,10H2,(H,20,23)(H,21,22). The Kier molecular flexibility index (Phi) is 4.81. The van der Waals surface area contributed by atoms with Gasteiger partial charge in [0.25, 0.3) is 5.91 Å². The van der Waals surface area contributed by atoms with Crippen LogP contribution in [0.4, 0.5) is 5.69 Å². The number of carbonyl (C=O) groups excluding carboxylic acids is 2. The van der Waals surface area contributed by atoms with E-state index in [9.17, 15) is 14.4 Å². The fourth-order valence-electron chi connectivity index (χ4n) is 2.35. The minimum Gasteiger partial charge on any atom is -0.452 e. The van der Waals surface area contributed by atoms with Crippen LogP contribution in [0.5, 0.6) is 0 Å². The van der Waals surface area contributed by atoms with Crippen LogP contribution in [0.3, 0.4) is 0 Å². The monoisotopic (exact) mass is 356 g/mol. The van der Waals surface area contributed by atoms with Gasteiger partial charge in [-0.3, -0.25) is 9.59 Å². The van der Waals surface area contributed by atoms with E-state index in [2.05, 4.69) is 10.3 Å². The lowest BCUT2D eigenvalue weighted by Crippen LogP contribution is -2.21. The smallest absolute Gasteiger partial charge is 0.339 e. The van der Waals surface area contributed by atoms with Crippen LogP contribution in [0, 0.1) is 0 Å². The number of carbonyl (C=O) groups is 2.